The summed E-state index contributed by atoms with van der Waals surface area (Å²) >= 11 is 6.15. The van der Waals surface area contributed by atoms with Gasteiger partial charge in [0.05, 0.1) is 34.0 Å². The van der Waals surface area contributed by atoms with Crippen molar-refractivity contribution in [1.29, 1.82) is 0 Å². The summed E-state index contributed by atoms with van der Waals surface area (Å²) in [7, 11) is -13.7. The van der Waals surface area contributed by atoms with Crippen molar-refractivity contribution in [3.05, 3.63) is 83.6 Å². The predicted octanol–water partition coefficient (Wildman–Crippen LogP) is -4.38. The zero-order valence-electron chi connectivity index (χ0n) is 28.0. The molecular weight excluding hydrogens is 795 g/mol. The van der Waals surface area contributed by atoms with E-state index in [1.165, 1.54) is 37.4 Å². The number of hydrogen-bond donors (Lipinski definition) is 1. The van der Waals surface area contributed by atoms with Gasteiger partial charge in [-0.1, -0.05) is 30.3 Å². The minimum absolute atomic E-state index is 0. The Kier molecular flexibility index (Phi) is 16.6. The van der Waals surface area contributed by atoms with E-state index in [9.17, 15) is 38.9 Å². The molecule has 0 unspecified atom stereocenters. The molecule has 1 N–H and O–H groups in total. The summed E-state index contributed by atoms with van der Waals surface area (Å²) < 4.78 is 112. The van der Waals surface area contributed by atoms with Crippen LogP contribution in [0.1, 0.15) is 5.56 Å². The second-order valence-corrected chi connectivity index (χ2v) is 14.5. The second-order valence-electron chi connectivity index (χ2n) is 10.0. The summed E-state index contributed by atoms with van der Waals surface area (Å²) in [5.41, 5.74) is 0.831. The maximum absolute atomic E-state index is 12.1. The number of ether oxygens (including phenoxy) is 1. The first kappa shape index (κ1) is 46.3. The van der Waals surface area contributed by atoms with E-state index in [2.05, 4.69) is 30.5 Å². The van der Waals surface area contributed by atoms with Crippen LogP contribution in [0.2, 0.25) is 5.28 Å². The zero-order chi connectivity index (χ0) is 35.7. The summed E-state index contributed by atoms with van der Waals surface area (Å²) in [6, 6.07) is 16.2. The molecule has 0 amide bonds. The average Bonchev–Trinajstić information content (AvgIpc) is 3.01. The van der Waals surface area contributed by atoms with Gasteiger partial charge in [0, 0.05) is 16.5 Å². The maximum atomic E-state index is 12.1. The first-order valence-corrected chi connectivity index (χ1v) is 18.2. The van der Waals surface area contributed by atoms with E-state index in [1.807, 2.05) is 0 Å². The molecule has 0 fully saturated rings. The van der Waals surface area contributed by atoms with Crippen LogP contribution in [0.15, 0.2) is 92.8 Å². The largest absolute Gasteiger partial charge is 1.00 e. The summed E-state index contributed by atoms with van der Waals surface area (Å²) in [4.78, 5) is 11.7. The Morgan fingerprint density at radius 1 is 0.788 bits per heavy atom. The molecule has 0 bridgehead atoms. The summed E-state index contributed by atoms with van der Waals surface area (Å²) in [6.45, 7) is 1.63. The van der Waals surface area contributed by atoms with E-state index >= 15 is 0 Å². The molecule has 24 heteroatoms. The fraction of sp³-hybridized carbons (Fsp3) is 0.107. The van der Waals surface area contributed by atoms with Crippen molar-refractivity contribution in [2.24, 2.45) is 10.2 Å². The Hall–Kier alpha value is -1.83. The van der Waals surface area contributed by atoms with Gasteiger partial charge in [0.25, 0.3) is 0 Å². The third kappa shape index (κ3) is 11.6. The molecular formula is C28H21ClN7Na3O10S3. The van der Waals surface area contributed by atoms with Crippen molar-refractivity contribution in [3.8, 4) is 5.75 Å². The van der Waals surface area contributed by atoms with Gasteiger partial charge in [-0.25, -0.2) is 25.3 Å². The predicted molar refractivity (Wildman–Crippen MR) is 173 cm³/mol. The van der Waals surface area contributed by atoms with Crippen LogP contribution < -0.4 is 104 Å². The Balaban J connectivity index is 0.00000312. The standard InChI is InChI=1S/C28H24ClN7O10S3.3Na/c1-16-11-23(46-2)22(30-27-31-26(29)32-28(33-27)36(15-47(37,38)39)18-7-4-3-5-8-18)14-21(16)35-34-17-12-20-19(25(13-17)49(43,44)45)9-6-10-24(20)48(40,41)42;;;/h3-14H,15H2,1-2H3,(H,37,38,39)(H,40,41,42)(H,43,44,45)(H,30,31,32,33);;;/q;3*+1/p-3. The molecule has 4 aromatic carbocycles. The molecule has 17 nitrogen and oxygen atoms in total. The molecule has 0 atom stereocenters. The fourth-order valence-corrected chi connectivity index (χ4v) is 6.73. The van der Waals surface area contributed by atoms with Crippen LogP contribution in [-0.4, -0.2) is 66.9 Å². The van der Waals surface area contributed by atoms with Crippen molar-refractivity contribution < 1.29 is 132 Å². The normalized spacial score (nSPS) is 11.7. The molecule has 0 saturated carbocycles. The Morgan fingerprint density at radius 2 is 1.44 bits per heavy atom. The van der Waals surface area contributed by atoms with Crippen LogP contribution in [0.5, 0.6) is 5.75 Å². The maximum Gasteiger partial charge on any atom is 1.00 e. The minimum Gasteiger partial charge on any atom is -0.747 e. The topological polar surface area (TPSA) is 259 Å². The van der Waals surface area contributed by atoms with Crippen LogP contribution in [-0.2, 0) is 30.4 Å². The van der Waals surface area contributed by atoms with E-state index in [0.717, 1.165) is 29.2 Å². The van der Waals surface area contributed by atoms with Crippen molar-refractivity contribution in [2.75, 3.05) is 23.2 Å². The van der Waals surface area contributed by atoms with E-state index in [1.54, 1.807) is 25.1 Å². The Morgan fingerprint density at radius 3 is 2.04 bits per heavy atom. The first-order valence-electron chi connectivity index (χ1n) is 13.5. The van der Waals surface area contributed by atoms with Crippen molar-refractivity contribution in [2.45, 2.75) is 16.7 Å². The van der Waals surface area contributed by atoms with E-state index in [-0.39, 0.29) is 145 Å². The molecule has 5 aromatic rings. The monoisotopic (exact) mass is 815 g/mol. The number of methoxy groups -OCH3 is 1. The molecule has 0 aliphatic rings. The number of rotatable bonds is 11. The minimum atomic E-state index is -5.16. The number of azo groups is 1. The van der Waals surface area contributed by atoms with Gasteiger partial charge < -0.3 is 23.7 Å². The number of aromatic nitrogens is 3. The smallest absolute Gasteiger partial charge is 0.747 e. The number of para-hydroxylation sites is 1. The molecule has 0 saturated heterocycles. The van der Waals surface area contributed by atoms with Gasteiger partial charge in [-0.2, -0.15) is 25.2 Å². The van der Waals surface area contributed by atoms with Crippen LogP contribution in [0.25, 0.3) is 10.8 Å². The number of aryl methyl sites for hydroxylation is 1. The van der Waals surface area contributed by atoms with Crippen LogP contribution in [0.3, 0.4) is 0 Å². The molecule has 0 radical (unpaired) electrons. The van der Waals surface area contributed by atoms with Crippen molar-refractivity contribution in [1.82, 2.24) is 15.0 Å². The van der Waals surface area contributed by atoms with Crippen LogP contribution >= 0.6 is 11.6 Å². The molecule has 52 heavy (non-hydrogen) atoms. The van der Waals surface area contributed by atoms with Gasteiger partial charge in [0.1, 0.15) is 42.0 Å². The molecule has 0 aliphatic carbocycles. The summed E-state index contributed by atoms with van der Waals surface area (Å²) in [6.07, 6.45) is 0. The van der Waals surface area contributed by atoms with E-state index in [0.29, 0.717) is 5.56 Å². The molecule has 0 aliphatic heterocycles. The van der Waals surface area contributed by atoms with Crippen LogP contribution in [0.4, 0.5) is 34.6 Å². The number of halogens is 1. The molecule has 0 spiro atoms. The average molecular weight is 816 g/mol. The van der Waals surface area contributed by atoms with Gasteiger partial charge in [0.15, 0.2) is 0 Å². The second kappa shape index (κ2) is 18.7. The Labute approximate surface area is 369 Å². The van der Waals surface area contributed by atoms with Crippen molar-refractivity contribution in [3.63, 3.8) is 0 Å². The number of nitrogens with zero attached hydrogens (tertiary/aromatic N) is 6. The fourth-order valence-electron chi connectivity index (χ4n) is 4.60. The summed E-state index contributed by atoms with van der Waals surface area (Å²) in [5, 5.41) is 10.0. The number of fused-ring (bicyclic) bond motifs is 1. The SMILES string of the molecule is COc1cc(C)c(N=Nc2cc(S(=O)(=O)[O-])c3cccc(S(=O)(=O)[O-])c3c2)cc1Nc1nc(Cl)nc(N(CS(=O)(=O)[O-])c2ccccc2)n1.[Na+].[Na+].[Na+]. The zero-order valence-corrected chi connectivity index (χ0v) is 37.2. The van der Waals surface area contributed by atoms with Crippen LogP contribution in [0, 0.1) is 6.92 Å². The molecule has 1 aromatic heterocycles. The number of anilines is 4. The Bertz CT molecular complexity index is 2470. The number of benzene rings is 4. The molecule has 1 heterocycles. The third-order valence-electron chi connectivity index (χ3n) is 6.67. The molecule has 256 valence electrons. The van der Waals surface area contributed by atoms with E-state index in [4.69, 9.17) is 16.3 Å². The number of nitrogens with one attached hydrogen (secondary N) is 1. The van der Waals surface area contributed by atoms with Gasteiger partial charge in [0.2, 0.25) is 17.2 Å². The molecule has 5 rings (SSSR count). The van der Waals surface area contributed by atoms with Gasteiger partial charge in [-0.15, -0.1) is 0 Å². The van der Waals surface area contributed by atoms with Crippen molar-refractivity contribution >= 4 is 87.4 Å². The van der Waals surface area contributed by atoms with Gasteiger partial charge in [-0.05, 0) is 66.6 Å². The van der Waals surface area contributed by atoms with Gasteiger partial charge in [-0.3, -0.25) is 4.90 Å². The third-order valence-corrected chi connectivity index (χ3v) is 9.19. The van der Waals surface area contributed by atoms with E-state index < -0.39 is 46.0 Å². The quantitative estimate of drug-likeness (QED) is 0.0750. The summed E-state index contributed by atoms with van der Waals surface area (Å²) in [5.74, 6) is -1.26. The van der Waals surface area contributed by atoms with Gasteiger partial charge >= 0.3 is 88.7 Å². The first-order chi connectivity index (χ1) is 22.9. The number of hydrogen-bond acceptors (Lipinski definition) is 17.